The maximum absolute atomic E-state index is 4.01. The molecule has 2 aliphatic carbocycles. The molecule has 0 spiro atoms. The summed E-state index contributed by atoms with van der Waals surface area (Å²) >= 11 is 0. The monoisotopic (exact) mass is 251 g/mol. The number of hydrogen-bond acceptors (Lipinski definition) is 1. The van der Waals surface area contributed by atoms with E-state index in [-0.39, 0.29) is 0 Å². The summed E-state index contributed by atoms with van der Waals surface area (Å²) < 4.78 is 0. The van der Waals surface area contributed by atoms with Crippen LogP contribution in [0.1, 0.15) is 85.0 Å². The summed E-state index contributed by atoms with van der Waals surface area (Å²) in [6.45, 7) is 7.26. The van der Waals surface area contributed by atoms with Crippen LogP contribution < -0.4 is 5.32 Å². The average molecular weight is 251 g/mol. The van der Waals surface area contributed by atoms with E-state index < -0.39 is 0 Å². The first-order valence-corrected chi connectivity index (χ1v) is 8.38. The van der Waals surface area contributed by atoms with Crippen LogP contribution in [0.4, 0.5) is 0 Å². The molecule has 18 heavy (non-hydrogen) atoms. The summed E-state index contributed by atoms with van der Waals surface area (Å²) in [4.78, 5) is 0. The van der Waals surface area contributed by atoms with Crippen molar-refractivity contribution in [3.63, 3.8) is 0 Å². The van der Waals surface area contributed by atoms with Crippen molar-refractivity contribution >= 4 is 0 Å². The fraction of sp³-hybridized carbons (Fsp3) is 1.00. The lowest BCUT2D eigenvalue weighted by atomic mass is 9.72. The van der Waals surface area contributed by atoms with Gasteiger partial charge in [0.2, 0.25) is 0 Å². The van der Waals surface area contributed by atoms with Crippen molar-refractivity contribution in [2.75, 3.05) is 0 Å². The van der Waals surface area contributed by atoms with Crippen LogP contribution in [0.2, 0.25) is 0 Å². The quantitative estimate of drug-likeness (QED) is 0.749. The van der Waals surface area contributed by atoms with Gasteiger partial charge in [-0.25, -0.2) is 0 Å². The first-order valence-electron chi connectivity index (χ1n) is 8.38. The highest BCUT2D eigenvalue weighted by Crippen LogP contribution is 2.37. The molecule has 0 amide bonds. The Hall–Kier alpha value is -0.0400. The van der Waals surface area contributed by atoms with Crippen molar-refractivity contribution in [1.82, 2.24) is 5.32 Å². The summed E-state index contributed by atoms with van der Waals surface area (Å²) in [7, 11) is 0. The Balaban J connectivity index is 1.77. The molecule has 1 unspecified atom stereocenters. The minimum atomic E-state index is 0.526. The molecule has 0 aromatic rings. The van der Waals surface area contributed by atoms with Crippen LogP contribution >= 0.6 is 0 Å². The lowest BCUT2D eigenvalue weighted by Crippen LogP contribution is -2.49. The predicted molar refractivity (Wildman–Crippen MR) is 79.8 cm³/mol. The first kappa shape index (κ1) is 14.4. The Bertz CT molecular complexity index is 238. The van der Waals surface area contributed by atoms with Crippen LogP contribution in [0.3, 0.4) is 0 Å². The molecule has 1 heteroatoms. The van der Waals surface area contributed by atoms with E-state index in [1.807, 2.05) is 0 Å². The van der Waals surface area contributed by atoms with Gasteiger partial charge >= 0.3 is 0 Å². The van der Waals surface area contributed by atoms with E-state index in [1.54, 1.807) is 0 Å². The predicted octanol–water partition coefficient (Wildman–Crippen LogP) is 4.90. The van der Waals surface area contributed by atoms with Crippen molar-refractivity contribution in [3.05, 3.63) is 0 Å². The summed E-state index contributed by atoms with van der Waals surface area (Å²) in [6.07, 6.45) is 14.3. The molecule has 2 saturated carbocycles. The molecule has 0 saturated heterocycles. The maximum Gasteiger partial charge on any atom is 0.0121 e. The highest BCUT2D eigenvalue weighted by atomic mass is 15.0. The fourth-order valence-electron chi connectivity index (χ4n) is 4.11. The number of rotatable bonds is 4. The van der Waals surface area contributed by atoms with Crippen LogP contribution in [0.25, 0.3) is 0 Å². The normalized spacial score (nSPS) is 36.5. The van der Waals surface area contributed by atoms with Gasteiger partial charge in [0.05, 0.1) is 0 Å². The highest BCUT2D eigenvalue weighted by molar-refractivity contribution is 4.91. The smallest absolute Gasteiger partial charge is 0.0121 e. The Morgan fingerprint density at radius 1 is 1.00 bits per heavy atom. The van der Waals surface area contributed by atoms with Gasteiger partial charge in [0.25, 0.3) is 0 Å². The van der Waals surface area contributed by atoms with E-state index in [4.69, 9.17) is 0 Å². The second-order valence-electron chi connectivity index (χ2n) is 7.46. The van der Waals surface area contributed by atoms with E-state index in [0.29, 0.717) is 5.41 Å². The Kier molecular flexibility index (Phi) is 5.12. The summed E-state index contributed by atoms with van der Waals surface area (Å²) in [5.74, 6) is 1.03. The second kappa shape index (κ2) is 6.41. The Morgan fingerprint density at radius 2 is 1.72 bits per heavy atom. The van der Waals surface area contributed by atoms with Crippen LogP contribution in [-0.2, 0) is 0 Å². The summed E-state index contributed by atoms with van der Waals surface area (Å²) in [5, 5.41) is 4.01. The van der Waals surface area contributed by atoms with Crippen molar-refractivity contribution in [3.8, 4) is 0 Å². The third-order valence-corrected chi connectivity index (χ3v) is 5.49. The molecule has 106 valence electrons. The standard InChI is InChI=1S/C17H33N/c1-4-7-14-9-11-15(12-10-14)18-16-8-5-6-13-17(16,2)3/h14-16,18H,4-13H2,1-3H3. The molecule has 2 rings (SSSR count). The topological polar surface area (TPSA) is 12.0 Å². The van der Waals surface area contributed by atoms with Crippen LogP contribution in [0, 0.1) is 11.3 Å². The fourth-order valence-corrected chi connectivity index (χ4v) is 4.11. The zero-order valence-electron chi connectivity index (χ0n) is 12.8. The molecule has 2 fully saturated rings. The van der Waals surface area contributed by atoms with Gasteiger partial charge in [0.1, 0.15) is 0 Å². The van der Waals surface area contributed by atoms with Crippen LogP contribution in [0.5, 0.6) is 0 Å². The zero-order valence-corrected chi connectivity index (χ0v) is 12.8. The minimum Gasteiger partial charge on any atom is -0.311 e. The third-order valence-electron chi connectivity index (χ3n) is 5.49. The zero-order chi connectivity index (χ0) is 13.0. The summed E-state index contributed by atoms with van der Waals surface area (Å²) in [5.41, 5.74) is 0.526. The van der Waals surface area contributed by atoms with Gasteiger partial charge in [-0.15, -0.1) is 0 Å². The molecular weight excluding hydrogens is 218 g/mol. The van der Waals surface area contributed by atoms with Gasteiger partial charge in [-0.1, -0.05) is 46.5 Å². The molecule has 1 nitrogen and oxygen atoms in total. The van der Waals surface area contributed by atoms with E-state index in [9.17, 15) is 0 Å². The maximum atomic E-state index is 4.01. The van der Waals surface area contributed by atoms with Gasteiger partial charge in [-0.2, -0.15) is 0 Å². The largest absolute Gasteiger partial charge is 0.311 e. The van der Waals surface area contributed by atoms with Gasteiger partial charge in [0, 0.05) is 12.1 Å². The average Bonchev–Trinajstić information content (AvgIpc) is 2.34. The van der Waals surface area contributed by atoms with E-state index in [2.05, 4.69) is 26.1 Å². The van der Waals surface area contributed by atoms with Crippen LogP contribution in [0.15, 0.2) is 0 Å². The van der Waals surface area contributed by atoms with Crippen molar-refractivity contribution < 1.29 is 0 Å². The number of hydrogen-bond donors (Lipinski definition) is 1. The molecule has 0 radical (unpaired) electrons. The van der Waals surface area contributed by atoms with Crippen LogP contribution in [-0.4, -0.2) is 12.1 Å². The highest BCUT2D eigenvalue weighted by Gasteiger charge is 2.34. The molecule has 0 aliphatic heterocycles. The lowest BCUT2D eigenvalue weighted by Gasteiger charge is -2.42. The van der Waals surface area contributed by atoms with E-state index in [0.717, 1.165) is 18.0 Å². The van der Waals surface area contributed by atoms with Crippen molar-refractivity contribution in [2.45, 2.75) is 97.1 Å². The van der Waals surface area contributed by atoms with Crippen molar-refractivity contribution in [2.24, 2.45) is 11.3 Å². The van der Waals surface area contributed by atoms with E-state index >= 15 is 0 Å². The van der Waals surface area contributed by atoms with Gasteiger partial charge in [-0.3, -0.25) is 0 Å². The molecule has 1 atom stereocenters. The minimum absolute atomic E-state index is 0.526. The third kappa shape index (κ3) is 3.73. The Morgan fingerprint density at radius 3 is 2.33 bits per heavy atom. The molecule has 0 bridgehead atoms. The first-order chi connectivity index (χ1) is 8.62. The molecule has 1 N–H and O–H groups in total. The summed E-state index contributed by atoms with van der Waals surface area (Å²) in [6, 6.07) is 1.60. The van der Waals surface area contributed by atoms with Gasteiger partial charge in [0.15, 0.2) is 0 Å². The second-order valence-corrected chi connectivity index (χ2v) is 7.46. The molecule has 0 aromatic carbocycles. The molecular formula is C17H33N. The SMILES string of the molecule is CCCC1CCC(NC2CCCCC2(C)C)CC1. The number of nitrogens with one attached hydrogen (secondary N) is 1. The van der Waals surface area contributed by atoms with Gasteiger partial charge < -0.3 is 5.32 Å². The van der Waals surface area contributed by atoms with Gasteiger partial charge in [-0.05, 0) is 49.9 Å². The lowest BCUT2D eigenvalue weighted by molar-refractivity contribution is 0.139. The molecule has 2 aliphatic rings. The molecule has 0 aromatic heterocycles. The van der Waals surface area contributed by atoms with E-state index in [1.165, 1.54) is 64.2 Å². The Labute approximate surface area is 114 Å². The molecule has 0 heterocycles. The van der Waals surface area contributed by atoms with Crippen molar-refractivity contribution in [1.29, 1.82) is 0 Å².